The quantitative estimate of drug-likeness (QED) is 0.849. The fourth-order valence-electron chi connectivity index (χ4n) is 1.75. The number of hydrogen-bond acceptors (Lipinski definition) is 5. The zero-order valence-corrected chi connectivity index (χ0v) is 9.70. The highest BCUT2D eigenvalue weighted by Crippen LogP contribution is 2.26. The first-order chi connectivity index (χ1) is 8.33. The number of furan rings is 1. The molecule has 0 amide bonds. The molecule has 0 fully saturated rings. The summed E-state index contributed by atoms with van der Waals surface area (Å²) in [7, 11) is 0. The Bertz CT molecular complexity index is 528. The monoisotopic (exact) mass is 251 g/mol. The average molecular weight is 252 g/mol. The van der Waals surface area contributed by atoms with Crippen molar-refractivity contribution in [3.8, 4) is 0 Å². The first kappa shape index (κ1) is 10.6. The molecule has 3 heterocycles. The van der Waals surface area contributed by atoms with Crippen molar-refractivity contribution in [1.82, 2.24) is 9.97 Å². The van der Waals surface area contributed by atoms with Gasteiger partial charge in [-0.15, -0.1) is 0 Å². The van der Waals surface area contributed by atoms with Crippen molar-refractivity contribution in [1.29, 1.82) is 0 Å². The van der Waals surface area contributed by atoms with Crippen LogP contribution in [0.3, 0.4) is 0 Å². The van der Waals surface area contributed by atoms with Crippen LogP contribution in [0.2, 0.25) is 5.28 Å². The summed E-state index contributed by atoms with van der Waals surface area (Å²) in [5.74, 6) is 1.56. The molecule has 0 spiro atoms. The van der Waals surface area contributed by atoms with Gasteiger partial charge in [0.15, 0.2) is 0 Å². The molecule has 1 aliphatic rings. The summed E-state index contributed by atoms with van der Waals surface area (Å²) in [5, 5.41) is 3.41. The van der Waals surface area contributed by atoms with Gasteiger partial charge in [0.1, 0.15) is 11.6 Å². The molecule has 88 valence electrons. The predicted molar refractivity (Wildman–Crippen MR) is 61.6 cm³/mol. The highest BCUT2D eigenvalue weighted by atomic mass is 35.5. The fraction of sp³-hybridized carbons (Fsp3) is 0.273. The van der Waals surface area contributed by atoms with Crippen LogP contribution < -0.4 is 5.32 Å². The van der Waals surface area contributed by atoms with Gasteiger partial charge >= 0.3 is 0 Å². The van der Waals surface area contributed by atoms with Gasteiger partial charge in [0, 0.05) is 5.56 Å². The molecule has 0 bridgehead atoms. The van der Waals surface area contributed by atoms with E-state index < -0.39 is 0 Å². The SMILES string of the molecule is Clc1nc2c(c(NCc3ccco3)n1)COC2. The van der Waals surface area contributed by atoms with Crippen molar-refractivity contribution >= 4 is 17.4 Å². The number of rotatable bonds is 3. The molecule has 5 nitrogen and oxygen atoms in total. The van der Waals surface area contributed by atoms with Crippen LogP contribution in [0.15, 0.2) is 22.8 Å². The second-order valence-corrected chi connectivity index (χ2v) is 4.03. The van der Waals surface area contributed by atoms with Gasteiger partial charge in [-0.05, 0) is 23.7 Å². The molecule has 0 aliphatic carbocycles. The van der Waals surface area contributed by atoms with Crippen LogP contribution in [-0.4, -0.2) is 9.97 Å². The molecule has 0 radical (unpaired) electrons. The van der Waals surface area contributed by atoms with E-state index in [9.17, 15) is 0 Å². The van der Waals surface area contributed by atoms with Crippen LogP contribution >= 0.6 is 11.6 Å². The Balaban J connectivity index is 1.83. The number of hydrogen-bond donors (Lipinski definition) is 1. The molecule has 2 aromatic rings. The number of ether oxygens (including phenoxy) is 1. The third-order valence-electron chi connectivity index (χ3n) is 2.56. The maximum Gasteiger partial charge on any atom is 0.224 e. The Labute approximate surface area is 103 Å². The van der Waals surface area contributed by atoms with E-state index in [1.165, 1.54) is 0 Å². The molecule has 2 aromatic heterocycles. The topological polar surface area (TPSA) is 60.2 Å². The average Bonchev–Trinajstić information content (AvgIpc) is 2.95. The number of nitrogens with one attached hydrogen (secondary N) is 1. The first-order valence-corrected chi connectivity index (χ1v) is 5.60. The lowest BCUT2D eigenvalue weighted by molar-refractivity contribution is 0.133. The van der Waals surface area contributed by atoms with Gasteiger partial charge < -0.3 is 14.5 Å². The van der Waals surface area contributed by atoms with E-state index in [0.29, 0.717) is 25.6 Å². The number of nitrogens with zero attached hydrogens (tertiary/aromatic N) is 2. The molecule has 0 atom stereocenters. The molecule has 1 N–H and O–H groups in total. The zero-order chi connectivity index (χ0) is 11.7. The van der Waals surface area contributed by atoms with Crippen molar-refractivity contribution in [3.05, 3.63) is 40.7 Å². The van der Waals surface area contributed by atoms with Gasteiger partial charge in [-0.3, -0.25) is 0 Å². The first-order valence-electron chi connectivity index (χ1n) is 5.22. The fourth-order valence-corrected chi connectivity index (χ4v) is 1.94. The molecule has 1 aliphatic heterocycles. The van der Waals surface area contributed by atoms with Crippen molar-refractivity contribution < 1.29 is 9.15 Å². The molecular weight excluding hydrogens is 242 g/mol. The van der Waals surface area contributed by atoms with Crippen LogP contribution in [-0.2, 0) is 24.5 Å². The minimum absolute atomic E-state index is 0.233. The van der Waals surface area contributed by atoms with Crippen molar-refractivity contribution in [2.75, 3.05) is 5.32 Å². The van der Waals surface area contributed by atoms with Crippen LogP contribution in [0, 0.1) is 0 Å². The maximum atomic E-state index is 5.85. The molecular formula is C11H10ClN3O2. The normalized spacial score (nSPS) is 13.7. The highest BCUT2D eigenvalue weighted by Gasteiger charge is 2.19. The van der Waals surface area contributed by atoms with Crippen LogP contribution in [0.1, 0.15) is 17.0 Å². The van der Waals surface area contributed by atoms with E-state index in [2.05, 4.69) is 15.3 Å². The maximum absolute atomic E-state index is 5.85. The standard InChI is InChI=1S/C11H10ClN3O2/c12-11-14-9-6-16-5-8(9)10(15-11)13-4-7-2-1-3-17-7/h1-3H,4-6H2,(H,13,14,15). The minimum Gasteiger partial charge on any atom is -0.467 e. The van der Waals surface area contributed by atoms with E-state index in [-0.39, 0.29) is 5.28 Å². The van der Waals surface area contributed by atoms with Crippen molar-refractivity contribution in [3.63, 3.8) is 0 Å². The van der Waals surface area contributed by atoms with E-state index in [0.717, 1.165) is 17.0 Å². The Hall–Kier alpha value is -1.59. The number of aromatic nitrogens is 2. The summed E-state index contributed by atoms with van der Waals surface area (Å²) < 4.78 is 10.6. The second-order valence-electron chi connectivity index (χ2n) is 3.69. The predicted octanol–water partition coefficient (Wildman–Crippen LogP) is 2.37. The van der Waals surface area contributed by atoms with Crippen LogP contribution in [0.25, 0.3) is 0 Å². The molecule has 17 heavy (non-hydrogen) atoms. The molecule has 6 heteroatoms. The molecule has 0 saturated heterocycles. The van der Waals surface area contributed by atoms with Gasteiger partial charge in [0.25, 0.3) is 0 Å². The Morgan fingerprint density at radius 2 is 2.29 bits per heavy atom. The molecule has 3 rings (SSSR count). The zero-order valence-electron chi connectivity index (χ0n) is 8.94. The third-order valence-corrected chi connectivity index (χ3v) is 2.73. The summed E-state index contributed by atoms with van der Waals surface area (Å²) in [6.07, 6.45) is 1.64. The summed E-state index contributed by atoms with van der Waals surface area (Å²) in [6.45, 7) is 1.58. The smallest absolute Gasteiger partial charge is 0.224 e. The summed E-state index contributed by atoms with van der Waals surface area (Å²) in [5.41, 5.74) is 1.83. The summed E-state index contributed by atoms with van der Waals surface area (Å²) in [6, 6.07) is 3.74. The largest absolute Gasteiger partial charge is 0.467 e. The Morgan fingerprint density at radius 1 is 1.35 bits per heavy atom. The van der Waals surface area contributed by atoms with Crippen LogP contribution in [0.5, 0.6) is 0 Å². The third kappa shape index (κ3) is 2.11. The molecule has 0 unspecified atom stereocenters. The van der Waals surface area contributed by atoms with Crippen molar-refractivity contribution in [2.45, 2.75) is 19.8 Å². The van der Waals surface area contributed by atoms with E-state index in [4.69, 9.17) is 20.8 Å². The Morgan fingerprint density at radius 3 is 3.12 bits per heavy atom. The highest BCUT2D eigenvalue weighted by molar-refractivity contribution is 6.28. The van der Waals surface area contributed by atoms with E-state index in [1.54, 1.807) is 6.26 Å². The van der Waals surface area contributed by atoms with Gasteiger partial charge in [-0.2, -0.15) is 0 Å². The number of fused-ring (bicyclic) bond motifs is 1. The summed E-state index contributed by atoms with van der Waals surface area (Å²) in [4.78, 5) is 8.29. The van der Waals surface area contributed by atoms with Gasteiger partial charge in [-0.25, -0.2) is 9.97 Å². The lowest BCUT2D eigenvalue weighted by Crippen LogP contribution is -2.05. The van der Waals surface area contributed by atoms with Crippen molar-refractivity contribution in [2.24, 2.45) is 0 Å². The van der Waals surface area contributed by atoms with Gasteiger partial charge in [0.05, 0.1) is 31.7 Å². The number of halogens is 1. The number of anilines is 1. The summed E-state index contributed by atoms with van der Waals surface area (Å²) >= 11 is 5.85. The lowest BCUT2D eigenvalue weighted by Gasteiger charge is -2.07. The van der Waals surface area contributed by atoms with Gasteiger partial charge in [0.2, 0.25) is 5.28 Å². The molecule has 0 aromatic carbocycles. The van der Waals surface area contributed by atoms with Crippen LogP contribution in [0.4, 0.5) is 5.82 Å². The van der Waals surface area contributed by atoms with E-state index in [1.807, 2.05) is 12.1 Å². The second kappa shape index (κ2) is 4.35. The van der Waals surface area contributed by atoms with Gasteiger partial charge in [-0.1, -0.05) is 0 Å². The molecule has 0 saturated carbocycles. The Kier molecular flexibility index (Phi) is 2.70. The van der Waals surface area contributed by atoms with E-state index >= 15 is 0 Å². The minimum atomic E-state index is 0.233. The lowest BCUT2D eigenvalue weighted by atomic mass is 10.2.